The third-order valence-electron chi connectivity index (χ3n) is 2.52. The summed E-state index contributed by atoms with van der Waals surface area (Å²) in [6.45, 7) is 0.620. The highest BCUT2D eigenvalue weighted by molar-refractivity contribution is 5.35. The Hall–Kier alpha value is -2.08. The van der Waals surface area contributed by atoms with Gasteiger partial charge in [0.2, 0.25) is 0 Å². The first-order valence-electron chi connectivity index (χ1n) is 5.41. The highest BCUT2D eigenvalue weighted by Crippen LogP contribution is 2.08. The zero-order valence-electron chi connectivity index (χ0n) is 9.27. The number of rotatable bonds is 4. The van der Waals surface area contributed by atoms with E-state index in [4.69, 9.17) is 5.73 Å². The van der Waals surface area contributed by atoms with Crippen molar-refractivity contribution >= 4 is 0 Å². The minimum atomic E-state index is -0.467. The molecule has 0 atom stereocenters. The van der Waals surface area contributed by atoms with Crippen molar-refractivity contribution < 1.29 is 0 Å². The van der Waals surface area contributed by atoms with Crippen LogP contribution < -0.4 is 17.1 Å². The van der Waals surface area contributed by atoms with Crippen LogP contribution in [0.15, 0.2) is 33.9 Å². The number of hydrogen-bond acceptors (Lipinski definition) is 3. The average molecular weight is 234 g/mol. The zero-order valence-corrected chi connectivity index (χ0v) is 9.27. The van der Waals surface area contributed by atoms with Gasteiger partial charge in [0.15, 0.2) is 0 Å². The van der Waals surface area contributed by atoms with E-state index in [2.05, 4.69) is 10.2 Å². The maximum absolute atomic E-state index is 11.4. The van der Waals surface area contributed by atoms with Crippen LogP contribution in [0, 0.1) is 0 Å². The van der Waals surface area contributed by atoms with Gasteiger partial charge in [-0.15, -0.1) is 0 Å². The number of benzene rings is 1. The van der Waals surface area contributed by atoms with E-state index in [0.29, 0.717) is 12.2 Å². The van der Waals surface area contributed by atoms with E-state index < -0.39 is 11.4 Å². The van der Waals surface area contributed by atoms with Gasteiger partial charge in [0.1, 0.15) is 0 Å². The zero-order chi connectivity index (χ0) is 12.3. The highest BCUT2D eigenvalue weighted by Gasteiger charge is 2.05. The summed E-state index contributed by atoms with van der Waals surface area (Å²) in [4.78, 5) is 22.8. The summed E-state index contributed by atoms with van der Waals surface area (Å²) in [5.74, 6) is 0. The Morgan fingerprint density at radius 2 is 1.88 bits per heavy atom. The van der Waals surface area contributed by atoms with Crippen LogP contribution in [-0.4, -0.2) is 21.3 Å². The average Bonchev–Trinajstić information content (AvgIpc) is 2.67. The van der Waals surface area contributed by atoms with Crippen LogP contribution in [0.3, 0.4) is 0 Å². The molecule has 0 aliphatic rings. The SMILES string of the molecule is NCCCc1cccc(-n2c(=O)[nH][nH]c2=O)c1. The van der Waals surface area contributed by atoms with E-state index in [-0.39, 0.29) is 0 Å². The second kappa shape index (κ2) is 4.84. The first kappa shape index (κ1) is 11.4. The van der Waals surface area contributed by atoms with Gasteiger partial charge < -0.3 is 5.73 Å². The van der Waals surface area contributed by atoms with E-state index in [1.807, 2.05) is 18.2 Å². The molecule has 1 aromatic heterocycles. The van der Waals surface area contributed by atoms with Crippen LogP contribution in [0.5, 0.6) is 0 Å². The molecule has 2 aromatic rings. The smallest absolute Gasteiger partial charge is 0.330 e. The number of nitrogens with zero attached hydrogens (tertiary/aromatic N) is 1. The lowest BCUT2D eigenvalue weighted by atomic mass is 10.1. The van der Waals surface area contributed by atoms with E-state index in [1.165, 1.54) is 0 Å². The third kappa shape index (κ3) is 2.36. The Labute approximate surface area is 97.1 Å². The lowest BCUT2D eigenvalue weighted by molar-refractivity contribution is 0.829. The molecule has 90 valence electrons. The van der Waals surface area contributed by atoms with Gasteiger partial charge in [-0.1, -0.05) is 12.1 Å². The fourth-order valence-electron chi connectivity index (χ4n) is 1.70. The third-order valence-corrected chi connectivity index (χ3v) is 2.52. The molecule has 0 aliphatic heterocycles. The number of hydrogen-bond donors (Lipinski definition) is 3. The molecule has 0 fully saturated rings. The normalized spacial score (nSPS) is 10.6. The van der Waals surface area contributed by atoms with Crippen molar-refractivity contribution in [3.05, 3.63) is 50.8 Å². The predicted octanol–water partition coefficient (Wildman–Crippen LogP) is -0.255. The largest absolute Gasteiger partial charge is 0.348 e. The highest BCUT2D eigenvalue weighted by atomic mass is 16.2. The minimum absolute atomic E-state index is 0.467. The fourth-order valence-corrected chi connectivity index (χ4v) is 1.70. The van der Waals surface area contributed by atoms with E-state index in [0.717, 1.165) is 23.0 Å². The van der Waals surface area contributed by atoms with Crippen molar-refractivity contribution in [3.8, 4) is 5.69 Å². The van der Waals surface area contributed by atoms with Crippen molar-refractivity contribution in [1.29, 1.82) is 0 Å². The molecule has 2 rings (SSSR count). The Morgan fingerprint density at radius 3 is 2.53 bits per heavy atom. The summed E-state index contributed by atoms with van der Waals surface area (Å²) in [5, 5.41) is 4.50. The monoisotopic (exact) mass is 234 g/mol. The van der Waals surface area contributed by atoms with Crippen LogP contribution in [0.4, 0.5) is 0 Å². The van der Waals surface area contributed by atoms with Crippen LogP contribution >= 0.6 is 0 Å². The van der Waals surface area contributed by atoms with Gasteiger partial charge >= 0.3 is 11.4 Å². The number of nitrogens with two attached hydrogens (primary N) is 1. The topological polar surface area (TPSA) is 96.7 Å². The number of aromatic nitrogens is 3. The summed E-state index contributed by atoms with van der Waals surface area (Å²) in [7, 11) is 0. The molecule has 0 bridgehead atoms. The number of aromatic amines is 2. The number of H-pyrrole nitrogens is 2. The molecule has 0 saturated heterocycles. The Kier molecular flexibility index (Phi) is 3.24. The fraction of sp³-hybridized carbons (Fsp3) is 0.273. The molecule has 17 heavy (non-hydrogen) atoms. The number of nitrogens with one attached hydrogen (secondary N) is 2. The minimum Gasteiger partial charge on any atom is -0.330 e. The molecule has 1 aromatic carbocycles. The van der Waals surface area contributed by atoms with E-state index in [1.54, 1.807) is 6.07 Å². The van der Waals surface area contributed by atoms with Gasteiger partial charge in [-0.3, -0.25) is 0 Å². The Morgan fingerprint density at radius 1 is 1.18 bits per heavy atom. The maximum atomic E-state index is 11.4. The number of aryl methyl sites for hydroxylation is 1. The molecule has 4 N–H and O–H groups in total. The Balaban J connectivity index is 2.40. The summed E-state index contributed by atoms with van der Waals surface area (Å²) in [6, 6.07) is 7.31. The lowest BCUT2D eigenvalue weighted by Gasteiger charge is -2.03. The van der Waals surface area contributed by atoms with Crippen LogP contribution in [-0.2, 0) is 6.42 Å². The summed E-state index contributed by atoms with van der Waals surface area (Å²) in [5.41, 5.74) is 6.13. The molecule has 6 nitrogen and oxygen atoms in total. The van der Waals surface area contributed by atoms with E-state index in [9.17, 15) is 9.59 Å². The molecular weight excluding hydrogens is 220 g/mol. The summed E-state index contributed by atoms with van der Waals surface area (Å²) >= 11 is 0. The van der Waals surface area contributed by atoms with Gasteiger partial charge in [0, 0.05) is 0 Å². The molecule has 6 heteroatoms. The van der Waals surface area contributed by atoms with Crippen LogP contribution in [0.2, 0.25) is 0 Å². The summed E-state index contributed by atoms with van der Waals surface area (Å²) < 4.78 is 1.06. The standard InChI is InChI=1S/C11H14N4O2/c12-6-2-4-8-3-1-5-9(7-8)15-10(16)13-14-11(15)17/h1,3,5,7H,2,4,6,12H2,(H,13,16)(H,14,17). The van der Waals surface area contributed by atoms with Gasteiger partial charge in [0.25, 0.3) is 0 Å². The van der Waals surface area contributed by atoms with Gasteiger partial charge in [-0.25, -0.2) is 24.4 Å². The molecule has 0 radical (unpaired) electrons. The van der Waals surface area contributed by atoms with Crippen molar-refractivity contribution in [1.82, 2.24) is 14.8 Å². The first-order valence-corrected chi connectivity index (χ1v) is 5.41. The van der Waals surface area contributed by atoms with Crippen LogP contribution in [0.25, 0.3) is 5.69 Å². The maximum Gasteiger partial charge on any atom is 0.348 e. The predicted molar refractivity (Wildman–Crippen MR) is 64.4 cm³/mol. The molecule has 0 unspecified atom stereocenters. The second-order valence-electron chi connectivity index (χ2n) is 3.76. The second-order valence-corrected chi connectivity index (χ2v) is 3.76. The summed E-state index contributed by atoms with van der Waals surface area (Å²) in [6.07, 6.45) is 1.71. The lowest BCUT2D eigenvalue weighted by Crippen LogP contribution is -2.24. The van der Waals surface area contributed by atoms with Gasteiger partial charge in [-0.05, 0) is 37.1 Å². The first-order chi connectivity index (χ1) is 8.22. The van der Waals surface area contributed by atoms with Gasteiger partial charge in [-0.2, -0.15) is 0 Å². The van der Waals surface area contributed by atoms with Crippen LogP contribution in [0.1, 0.15) is 12.0 Å². The molecule has 1 heterocycles. The van der Waals surface area contributed by atoms with E-state index >= 15 is 0 Å². The Bertz CT molecular complexity index is 581. The van der Waals surface area contributed by atoms with Crippen molar-refractivity contribution in [2.24, 2.45) is 5.73 Å². The van der Waals surface area contributed by atoms with Crippen molar-refractivity contribution in [2.75, 3.05) is 6.54 Å². The molecule has 0 amide bonds. The quantitative estimate of drug-likeness (QED) is 0.680. The van der Waals surface area contributed by atoms with Crippen molar-refractivity contribution in [2.45, 2.75) is 12.8 Å². The van der Waals surface area contributed by atoms with Crippen molar-refractivity contribution in [3.63, 3.8) is 0 Å². The molecule has 0 aliphatic carbocycles. The van der Waals surface area contributed by atoms with Gasteiger partial charge in [0.05, 0.1) is 5.69 Å². The molecular formula is C11H14N4O2. The molecule has 0 saturated carbocycles. The molecule has 0 spiro atoms.